The summed E-state index contributed by atoms with van der Waals surface area (Å²) in [7, 11) is 0. The smallest absolute Gasteiger partial charge is 0.302 e. The van der Waals surface area contributed by atoms with Crippen LogP contribution in [-0.4, -0.2) is 34.1 Å². The Balaban J connectivity index is 1.88. The quantitative estimate of drug-likeness (QED) is 0.501. The molecule has 0 saturated heterocycles. The molecule has 0 spiro atoms. The Hall–Kier alpha value is -1.59. The van der Waals surface area contributed by atoms with Crippen LogP contribution >= 0.6 is 11.8 Å². The summed E-state index contributed by atoms with van der Waals surface area (Å²) in [6, 6.07) is 10.5. The van der Waals surface area contributed by atoms with Crippen molar-refractivity contribution >= 4 is 11.8 Å². The third-order valence-electron chi connectivity index (χ3n) is 5.54. The molecule has 3 rings (SSSR count). The summed E-state index contributed by atoms with van der Waals surface area (Å²) in [6.07, 6.45) is 4.40. The number of aromatic nitrogens is 2. The number of fused-ring (bicyclic) bond motifs is 1. The van der Waals surface area contributed by atoms with Gasteiger partial charge in [-0.3, -0.25) is 4.57 Å². The van der Waals surface area contributed by atoms with E-state index in [4.69, 9.17) is 0 Å². The molecule has 0 bridgehead atoms. The van der Waals surface area contributed by atoms with E-state index in [1.807, 2.05) is 10.6 Å². The van der Waals surface area contributed by atoms with Crippen molar-refractivity contribution in [2.75, 3.05) is 19.6 Å². The molecule has 0 amide bonds. The molecule has 2 aromatic rings. The number of hydrogen-bond donors (Lipinski definition) is 0. The third kappa shape index (κ3) is 4.82. The topological polar surface area (TPSA) is 38.1 Å². The number of nitrogens with zero attached hydrogens (tertiary/aromatic N) is 3. The van der Waals surface area contributed by atoms with Crippen LogP contribution in [0.1, 0.15) is 55.7 Å². The van der Waals surface area contributed by atoms with Crippen LogP contribution in [0.25, 0.3) is 0 Å². The lowest BCUT2D eigenvalue weighted by molar-refractivity contribution is 0.285. The van der Waals surface area contributed by atoms with Crippen molar-refractivity contribution in [3.8, 4) is 0 Å². The SMILES string of the molecule is CCN(CC)CCn1c2c(c(SC(C)c3ccccc3)nc1=O)CCCC2. The molecule has 1 aliphatic carbocycles. The Morgan fingerprint density at radius 1 is 1.15 bits per heavy atom. The van der Waals surface area contributed by atoms with E-state index < -0.39 is 0 Å². The van der Waals surface area contributed by atoms with Crippen molar-refractivity contribution in [1.29, 1.82) is 0 Å². The van der Waals surface area contributed by atoms with Gasteiger partial charge in [0.05, 0.1) is 0 Å². The summed E-state index contributed by atoms with van der Waals surface area (Å²) in [5.74, 6) is 0. The molecule has 27 heavy (non-hydrogen) atoms. The molecule has 1 atom stereocenters. The summed E-state index contributed by atoms with van der Waals surface area (Å²) in [5.41, 5.74) is 3.74. The van der Waals surface area contributed by atoms with E-state index in [0.717, 1.165) is 44.0 Å². The van der Waals surface area contributed by atoms with Crippen molar-refractivity contribution in [2.45, 2.75) is 63.3 Å². The van der Waals surface area contributed by atoms with Crippen molar-refractivity contribution < 1.29 is 0 Å². The zero-order valence-corrected chi connectivity index (χ0v) is 17.6. The van der Waals surface area contributed by atoms with E-state index in [1.54, 1.807) is 11.8 Å². The van der Waals surface area contributed by atoms with Gasteiger partial charge in [0, 0.05) is 29.6 Å². The highest BCUT2D eigenvalue weighted by atomic mass is 32.2. The van der Waals surface area contributed by atoms with Crippen LogP contribution in [-0.2, 0) is 19.4 Å². The Labute approximate surface area is 167 Å². The van der Waals surface area contributed by atoms with Gasteiger partial charge in [-0.25, -0.2) is 4.79 Å². The van der Waals surface area contributed by atoms with Gasteiger partial charge in [0.2, 0.25) is 0 Å². The minimum atomic E-state index is -0.0782. The molecule has 0 N–H and O–H groups in total. The lowest BCUT2D eigenvalue weighted by Crippen LogP contribution is -2.35. The average Bonchev–Trinajstić information content (AvgIpc) is 2.71. The second-order valence-electron chi connectivity index (χ2n) is 7.18. The fourth-order valence-electron chi connectivity index (χ4n) is 3.82. The molecule has 1 aliphatic rings. The first-order valence-electron chi connectivity index (χ1n) is 10.2. The molecule has 0 aliphatic heterocycles. The Bertz CT molecular complexity index is 799. The first-order valence-corrected chi connectivity index (χ1v) is 11.1. The number of hydrogen-bond acceptors (Lipinski definition) is 4. The molecule has 1 heterocycles. The Morgan fingerprint density at radius 2 is 1.85 bits per heavy atom. The van der Waals surface area contributed by atoms with Crippen molar-refractivity contribution in [3.63, 3.8) is 0 Å². The molecule has 5 heteroatoms. The van der Waals surface area contributed by atoms with Gasteiger partial charge in [-0.1, -0.05) is 55.9 Å². The highest BCUT2D eigenvalue weighted by Gasteiger charge is 2.22. The van der Waals surface area contributed by atoms with Crippen LogP contribution in [0, 0.1) is 0 Å². The maximum atomic E-state index is 12.8. The fourth-order valence-corrected chi connectivity index (χ4v) is 4.94. The van der Waals surface area contributed by atoms with E-state index in [0.29, 0.717) is 0 Å². The predicted molar refractivity (Wildman–Crippen MR) is 114 cm³/mol. The number of likely N-dealkylation sites (N-methyl/N-ethyl adjacent to an activating group) is 1. The summed E-state index contributed by atoms with van der Waals surface area (Å²) >= 11 is 1.73. The van der Waals surface area contributed by atoms with E-state index in [2.05, 4.69) is 54.9 Å². The first kappa shape index (κ1) is 20.2. The van der Waals surface area contributed by atoms with Crippen LogP contribution in [0.2, 0.25) is 0 Å². The molecular formula is C22H31N3OS. The first-order chi connectivity index (χ1) is 13.1. The second-order valence-corrected chi connectivity index (χ2v) is 8.51. The van der Waals surface area contributed by atoms with E-state index in [9.17, 15) is 4.79 Å². The molecule has 1 aromatic heterocycles. The minimum absolute atomic E-state index is 0.0782. The molecule has 146 valence electrons. The van der Waals surface area contributed by atoms with Crippen LogP contribution in [0.4, 0.5) is 0 Å². The maximum absolute atomic E-state index is 12.8. The van der Waals surface area contributed by atoms with Crippen LogP contribution < -0.4 is 5.69 Å². The lowest BCUT2D eigenvalue weighted by Gasteiger charge is -2.25. The number of benzene rings is 1. The second kappa shape index (κ2) is 9.56. The molecule has 0 saturated carbocycles. The van der Waals surface area contributed by atoms with Gasteiger partial charge in [0.25, 0.3) is 0 Å². The average molecular weight is 386 g/mol. The maximum Gasteiger partial charge on any atom is 0.348 e. The van der Waals surface area contributed by atoms with Crippen molar-refractivity contribution in [1.82, 2.24) is 14.5 Å². The monoisotopic (exact) mass is 385 g/mol. The van der Waals surface area contributed by atoms with Crippen molar-refractivity contribution in [3.05, 3.63) is 57.6 Å². The van der Waals surface area contributed by atoms with Gasteiger partial charge < -0.3 is 4.90 Å². The molecule has 1 aromatic carbocycles. The van der Waals surface area contributed by atoms with Gasteiger partial charge in [-0.15, -0.1) is 0 Å². The van der Waals surface area contributed by atoms with E-state index >= 15 is 0 Å². The highest BCUT2D eigenvalue weighted by molar-refractivity contribution is 7.99. The van der Waals surface area contributed by atoms with Gasteiger partial charge in [0.1, 0.15) is 5.03 Å². The molecule has 4 nitrogen and oxygen atoms in total. The van der Waals surface area contributed by atoms with Crippen molar-refractivity contribution in [2.24, 2.45) is 0 Å². The van der Waals surface area contributed by atoms with E-state index in [-0.39, 0.29) is 10.9 Å². The largest absolute Gasteiger partial charge is 0.348 e. The van der Waals surface area contributed by atoms with E-state index in [1.165, 1.54) is 29.7 Å². The van der Waals surface area contributed by atoms with Gasteiger partial charge >= 0.3 is 5.69 Å². The summed E-state index contributed by atoms with van der Waals surface area (Å²) < 4.78 is 1.95. The number of rotatable bonds is 8. The van der Waals surface area contributed by atoms with Gasteiger partial charge in [-0.2, -0.15) is 4.98 Å². The molecule has 0 fully saturated rings. The van der Waals surface area contributed by atoms with Gasteiger partial charge in [0.15, 0.2) is 0 Å². The summed E-state index contributed by atoms with van der Waals surface area (Å²) in [4.78, 5) is 19.7. The third-order valence-corrected chi connectivity index (χ3v) is 6.73. The van der Waals surface area contributed by atoms with Gasteiger partial charge in [-0.05, 0) is 51.3 Å². The summed E-state index contributed by atoms with van der Waals surface area (Å²) in [5, 5.41) is 1.24. The van der Waals surface area contributed by atoms with Crippen LogP contribution in [0.5, 0.6) is 0 Å². The normalized spacial score (nSPS) is 15.0. The predicted octanol–water partition coefficient (Wildman–Crippen LogP) is 4.32. The zero-order valence-electron chi connectivity index (χ0n) is 16.8. The summed E-state index contributed by atoms with van der Waals surface area (Å²) in [6.45, 7) is 10.2. The fraction of sp³-hybridized carbons (Fsp3) is 0.545. The minimum Gasteiger partial charge on any atom is -0.302 e. The Morgan fingerprint density at radius 3 is 2.56 bits per heavy atom. The Kier molecular flexibility index (Phi) is 7.13. The van der Waals surface area contributed by atoms with Crippen LogP contribution in [0.15, 0.2) is 40.2 Å². The van der Waals surface area contributed by atoms with Crippen LogP contribution in [0.3, 0.4) is 0 Å². The lowest BCUT2D eigenvalue weighted by atomic mass is 9.97. The highest BCUT2D eigenvalue weighted by Crippen LogP contribution is 2.37. The molecular weight excluding hydrogens is 354 g/mol. The molecule has 1 unspecified atom stereocenters. The number of thioether (sulfide) groups is 1. The molecule has 0 radical (unpaired) electrons. The standard InChI is InChI=1S/C22H31N3OS/c1-4-24(5-2)15-16-25-20-14-10-9-13-19(20)21(23-22(25)26)27-17(3)18-11-7-6-8-12-18/h6-8,11-12,17H,4-5,9-10,13-16H2,1-3H3. The zero-order chi connectivity index (χ0) is 19.2.